The van der Waals surface area contributed by atoms with E-state index in [0.717, 1.165) is 4.90 Å². The number of methoxy groups -OCH3 is 2. The first-order chi connectivity index (χ1) is 13.6. The Balaban J connectivity index is 1.88. The molecule has 0 aliphatic carbocycles. The number of amides is 1. The summed E-state index contributed by atoms with van der Waals surface area (Å²) in [6.45, 7) is -0.399. The van der Waals surface area contributed by atoms with Crippen molar-refractivity contribution in [1.82, 2.24) is 0 Å². The minimum atomic E-state index is -0.533. The van der Waals surface area contributed by atoms with Crippen LogP contribution in [0.15, 0.2) is 47.4 Å². The second-order valence-corrected chi connectivity index (χ2v) is 6.54. The molecule has 2 aromatic rings. The summed E-state index contributed by atoms with van der Waals surface area (Å²) in [6.07, 6.45) is 0.00222. The lowest BCUT2D eigenvalue weighted by Gasteiger charge is -2.11. The maximum absolute atomic E-state index is 12.1. The highest BCUT2D eigenvalue weighted by molar-refractivity contribution is 7.99. The van der Waals surface area contributed by atoms with E-state index in [4.69, 9.17) is 19.5 Å². The summed E-state index contributed by atoms with van der Waals surface area (Å²) in [5.41, 5.74) is 1.25. The number of thioether (sulfide) groups is 1. The molecule has 0 spiro atoms. The minimum Gasteiger partial charge on any atom is -0.493 e. The van der Waals surface area contributed by atoms with Crippen molar-refractivity contribution in [3.05, 3.63) is 48.0 Å². The molecular weight excluding hydrogens is 380 g/mol. The molecule has 0 unspecified atom stereocenters. The van der Waals surface area contributed by atoms with Gasteiger partial charge in [0.25, 0.3) is 5.91 Å². The fraction of sp³-hybridized carbons (Fsp3) is 0.250. The molecule has 0 aromatic heterocycles. The predicted octanol–water partition coefficient (Wildman–Crippen LogP) is 3.04. The van der Waals surface area contributed by atoms with Gasteiger partial charge in [0.15, 0.2) is 18.1 Å². The maximum atomic E-state index is 12.1. The SMILES string of the molecule is COc1ccc(CC(=O)OCC(=O)Nc2ccccc2SCC#N)cc1OC. The molecule has 7 nitrogen and oxygen atoms in total. The molecule has 0 atom stereocenters. The van der Waals surface area contributed by atoms with E-state index in [1.54, 1.807) is 36.4 Å². The molecule has 1 N–H and O–H groups in total. The molecule has 0 fully saturated rings. The molecule has 0 aliphatic heterocycles. The number of nitriles is 1. The number of hydrogen-bond acceptors (Lipinski definition) is 7. The molecule has 8 heteroatoms. The maximum Gasteiger partial charge on any atom is 0.310 e. The normalized spacial score (nSPS) is 9.89. The standard InChI is InChI=1S/C20H20N2O5S/c1-25-16-8-7-14(11-17(16)26-2)12-20(24)27-13-19(23)22-15-5-3-4-6-18(15)28-10-9-21/h3-8,11H,10,12-13H2,1-2H3,(H,22,23). The van der Waals surface area contributed by atoms with Gasteiger partial charge in [-0.05, 0) is 29.8 Å². The van der Waals surface area contributed by atoms with Gasteiger partial charge in [-0.1, -0.05) is 18.2 Å². The van der Waals surface area contributed by atoms with E-state index in [1.807, 2.05) is 12.1 Å². The molecule has 0 saturated carbocycles. The highest BCUT2D eigenvalue weighted by Crippen LogP contribution is 2.28. The van der Waals surface area contributed by atoms with Crippen LogP contribution >= 0.6 is 11.8 Å². The highest BCUT2D eigenvalue weighted by Gasteiger charge is 2.12. The lowest BCUT2D eigenvalue weighted by Crippen LogP contribution is -2.22. The van der Waals surface area contributed by atoms with Gasteiger partial charge < -0.3 is 19.5 Å². The van der Waals surface area contributed by atoms with Crippen molar-refractivity contribution < 1.29 is 23.8 Å². The molecule has 0 saturated heterocycles. The summed E-state index contributed by atoms with van der Waals surface area (Å²) in [4.78, 5) is 24.9. The lowest BCUT2D eigenvalue weighted by atomic mass is 10.1. The molecule has 0 radical (unpaired) electrons. The van der Waals surface area contributed by atoms with Crippen LogP contribution < -0.4 is 14.8 Å². The zero-order valence-electron chi connectivity index (χ0n) is 15.6. The average Bonchev–Trinajstić information content (AvgIpc) is 2.71. The van der Waals surface area contributed by atoms with Gasteiger partial charge in [0.2, 0.25) is 0 Å². The monoisotopic (exact) mass is 400 g/mol. The van der Waals surface area contributed by atoms with Crippen molar-refractivity contribution >= 4 is 29.3 Å². The lowest BCUT2D eigenvalue weighted by molar-refractivity contribution is -0.146. The molecule has 2 rings (SSSR count). The highest BCUT2D eigenvalue weighted by atomic mass is 32.2. The van der Waals surface area contributed by atoms with Gasteiger partial charge in [0.1, 0.15) is 0 Å². The molecule has 0 heterocycles. The predicted molar refractivity (Wildman–Crippen MR) is 106 cm³/mol. The Hall–Kier alpha value is -3.18. The Bertz CT molecular complexity index is 879. The van der Waals surface area contributed by atoms with E-state index in [9.17, 15) is 9.59 Å². The van der Waals surface area contributed by atoms with Crippen molar-refractivity contribution in [2.24, 2.45) is 0 Å². The van der Waals surface area contributed by atoms with Crippen LogP contribution in [0.5, 0.6) is 11.5 Å². The van der Waals surface area contributed by atoms with Crippen LogP contribution in [0.4, 0.5) is 5.69 Å². The zero-order valence-corrected chi connectivity index (χ0v) is 16.4. The number of anilines is 1. The Labute approximate surface area is 167 Å². The number of benzene rings is 2. The quantitative estimate of drug-likeness (QED) is 0.510. The topological polar surface area (TPSA) is 97.6 Å². The van der Waals surface area contributed by atoms with E-state index in [-0.39, 0.29) is 12.2 Å². The number of rotatable bonds is 9. The molecule has 28 heavy (non-hydrogen) atoms. The Morgan fingerprint density at radius 2 is 1.86 bits per heavy atom. The minimum absolute atomic E-state index is 0.00222. The fourth-order valence-electron chi connectivity index (χ4n) is 2.35. The molecular formula is C20H20N2O5S. The summed E-state index contributed by atoms with van der Waals surface area (Å²) in [5.74, 6) is 0.358. The second kappa shape index (κ2) is 10.8. The number of esters is 1. The van der Waals surface area contributed by atoms with Crippen LogP contribution in [0.1, 0.15) is 5.56 Å². The van der Waals surface area contributed by atoms with E-state index < -0.39 is 18.5 Å². The van der Waals surface area contributed by atoms with Crippen LogP contribution in [0.2, 0.25) is 0 Å². The number of nitrogens with one attached hydrogen (secondary N) is 1. The smallest absolute Gasteiger partial charge is 0.310 e. The van der Waals surface area contributed by atoms with Crippen molar-refractivity contribution in [3.8, 4) is 17.6 Å². The molecule has 146 valence electrons. The van der Waals surface area contributed by atoms with E-state index >= 15 is 0 Å². The van der Waals surface area contributed by atoms with Gasteiger partial charge in [-0.2, -0.15) is 5.26 Å². The average molecular weight is 400 g/mol. The summed E-state index contributed by atoms with van der Waals surface area (Å²) in [5, 5.41) is 11.4. The van der Waals surface area contributed by atoms with Crippen molar-refractivity contribution in [1.29, 1.82) is 5.26 Å². The third kappa shape index (κ3) is 6.21. The first-order valence-corrected chi connectivity index (χ1v) is 9.31. The van der Waals surface area contributed by atoms with E-state index in [0.29, 0.717) is 22.7 Å². The second-order valence-electron chi connectivity index (χ2n) is 5.52. The van der Waals surface area contributed by atoms with Crippen molar-refractivity contribution in [2.45, 2.75) is 11.3 Å². The first kappa shape index (κ1) is 21.1. The number of ether oxygens (including phenoxy) is 3. The summed E-state index contributed by atoms with van der Waals surface area (Å²) >= 11 is 1.32. The van der Waals surface area contributed by atoms with Gasteiger partial charge in [-0.15, -0.1) is 11.8 Å². The molecule has 0 aliphatic rings. The number of hydrogen-bond donors (Lipinski definition) is 1. The van der Waals surface area contributed by atoms with Gasteiger partial charge in [-0.25, -0.2) is 0 Å². The fourth-order valence-corrected chi connectivity index (χ4v) is 3.02. The summed E-state index contributed by atoms with van der Waals surface area (Å²) in [6, 6.07) is 14.3. The van der Waals surface area contributed by atoms with Gasteiger partial charge in [-0.3, -0.25) is 9.59 Å². The number of para-hydroxylation sites is 1. The Morgan fingerprint density at radius 1 is 1.11 bits per heavy atom. The number of nitrogens with zero attached hydrogens (tertiary/aromatic N) is 1. The van der Waals surface area contributed by atoms with Crippen LogP contribution in [0.25, 0.3) is 0 Å². The number of carbonyl (C=O) groups is 2. The van der Waals surface area contributed by atoms with Crippen LogP contribution in [0.3, 0.4) is 0 Å². The third-order valence-electron chi connectivity index (χ3n) is 3.61. The third-order valence-corrected chi connectivity index (χ3v) is 4.55. The van der Waals surface area contributed by atoms with Crippen molar-refractivity contribution in [2.75, 3.05) is 31.9 Å². The van der Waals surface area contributed by atoms with E-state index in [2.05, 4.69) is 5.32 Å². The molecule has 1 amide bonds. The van der Waals surface area contributed by atoms with Crippen molar-refractivity contribution in [3.63, 3.8) is 0 Å². The van der Waals surface area contributed by atoms with Gasteiger partial charge >= 0.3 is 5.97 Å². The molecule has 2 aromatic carbocycles. The van der Waals surface area contributed by atoms with Crippen LogP contribution in [0, 0.1) is 11.3 Å². The van der Waals surface area contributed by atoms with Gasteiger partial charge in [0, 0.05) is 4.90 Å². The van der Waals surface area contributed by atoms with Gasteiger partial charge in [0.05, 0.1) is 38.1 Å². The zero-order chi connectivity index (χ0) is 20.4. The van der Waals surface area contributed by atoms with Crippen LogP contribution in [-0.2, 0) is 20.7 Å². The Kier molecular flexibility index (Phi) is 8.18. The molecule has 0 bridgehead atoms. The first-order valence-electron chi connectivity index (χ1n) is 8.32. The number of carbonyl (C=O) groups excluding carboxylic acids is 2. The Morgan fingerprint density at radius 3 is 2.57 bits per heavy atom. The van der Waals surface area contributed by atoms with E-state index in [1.165, 1.54) is 26.0 Å². The van der Waals surface area contributed by atoms with Crippen LogP contribution in [-0.4, -0.2) is 38.5 Å². The summed E-state index contributed by atoms with van der Waals surface area (Å²) < 4.78 is 15.4. The summed E-state index contributed by atoms with van der Waals surface area (Å²) in [7, 11) is 3.04. The largest absolute Gasteiger partial charge is 0.493 e.